The van der Waals surface area contributed by atoms with Gasteiger partial charge in [-0.15, -0.1) is 0 Å². The molecule has 0 aromatic heterocycles. The first-order valence-corrected chi connectivity index (χ1v) is 7.51. The van der Waals surface area contributed by atoms with Gasteiger partial charge in [0.2, 0.25) is 0 Å². The molecule has 0 spiro atoms. The van der Waals surface area contributed by atoms with E-state index in [0.717, 1.165) is 5.56 Å². The van der Waals surface area contributed by atoms with Crippen molar-refractivity contribution >= 4 is 22.0 Å². The molecule has 0 saturated carbocycles. The van der Waals surface area contributed by atoms with Gasteiger partial charge in [0.25, 0.3) is 0 Å². The van der Waals surface area contributed by atoms with Crippen molar-refractivity contribution in [1.82, 2.24) is 5.32 Å². The number of benzene rings is 2. The third-order valence-electron chi connectivity index (χ3n) is 2.87. The topological polar surface area (TPSA) is 47.6 Å². The molecule has 1 N–H and O–H groups in total. The first-order chi connectivity index (χ1) is 11.0. The maximum atomic E-state index is 12.4. The Balaban J connectivity index is 1.89. The fraction of sp³-hybridized carbons (Fsp3) is 0.188. The molecule has 0 atom stereocenters. The zero-order valence-electron chi connectivity index (χ0n) is 12.0. The minimum Gasteiger partial charge on any atom is -0.445 e. The second kappa shape index (κ2) is 8.47. The number of alkyl halides is 2. The molecule has 0 aliphatic carbocycles. The summed E-state index contributed by atoms with van der Waals surface area (Å²) >= 11 is 3.24. The predicted octanol–water partition coefficient (Wildman–Crippen LogP) is 4.48. The van der Waals surface area contributed by atoms with Gasteiger partial charge >= 0.3 is 12.7 Å². The zero-order valence-corrected chi connectivity index (χ0v) is 13.6. The van der Waals surface area contributed by atoms with E-state index in [-0.39, 0.29) is 18.9 Å². The van der Waals surface area contributed by atoms with Gasteiger partial charge in [-0.3, -0.25) is 0 Å². The number of hydrogen-bond acceptors (Lipinski definition) is 3. The highest BCUT2D eigenvalue weighted by atomic mass is 79.9. The molecule has 0 heterocycles. The SMILES string of the molecule is O=C(NCc1cc(Br)ccc1OC(F)F)OCc1ccccc1. The molecule has 2 aromatic rings. The highest BCUT2D eigenvalue weighted by Crippen LogP contribution is 2.24. The number of carbonyl (C=O) groups excluding carboxylic acids is 1. The molecule has 0 bridgehead atoms. The predicted molar refractivity (Wildman–Crippen MR) is 84.2 cm³/mol. The second-order valence-corrected chi connectivity index (χ2v) is 5.46. The van der Waals surface area contributed by atoms with Crippen LogP contribution < -0.4 is 10.1 Å². The first kappa shape index (κ1) is 17.2. The van der Waals surface area contributed by atoms with E-state index in [1.165, 1.54) is 6.07 Å². The Hall–Kier alpha value is -2.15. The Bertz CT molecular complexity index is 653. The van der Waals surface area contributed by atoms with Gasteiger partial charge in [0.1, 0.15) is 12.4 Å². The summed E-state index contributed by atoms with van der Waals surface area (Å²) in [6.45, 7) is -2.79. The number of rotatable bonds is 6. The van der Waals surface area contributed by atoms with Gasteiger partial charge in [0.05, 0.1) is 0 Å². The molecule has 1 amide bonds. The Kier molecular flexibility index (Phi) is 6.34. The highest BCUT2D eigenvalue weighted by molar-refractivity contribution is 9.10. The molecule has 2 rings (SSSR count). The van der Waals surface area contributed by atoms with Crippen molar-refractivity contribution in [1.29, 1.82) is 0 Å². The number of alkyl carbamates (subject to hydrolysis) is 1. The fourth-order valence-electron chi connectivity index (χ4n) is 1.84. The van der Waals surface area contributed by atoms with E-state index in [0.29, 0.717) is 10.0 Å². The molecule has 0 radical (unpaired) electrons. The van der Waals surface area contributed by atoms with Crippen LogP contribution in [-0.4, -0.2) is 12.7 Å². The summed E-state index contributed by atoms with van der Waals surface area (Å²) in [7, 11) is 0. The number of carbonyl (C=O) groups is 1. The number of ether oxygens (including phenoxy) is 2. The lowest BCUT2D eigenvalue weighted by Crippen LogP contribution is -2.24. The maximum Gasteiger partial charge on any atom is 0.407 e. The van der Waals surface area contributed by atoms with Crippen LogP contribution in [0.25, 0.3) is 0 Å². The van der Waals surface area contributed by atoms with Gasteiger partial charge in [0, 0.05) is 16.6 Å². The van der Waals surface area contributed by atoms with Gasteiger partial charge in [0.15, 0.2) is 0 Å². The van der Waals surface area contributed by atoms with Gasteiger partial charge in [-0.2, -0.15) is 8.78 Å². The van der Waals surface area contributed by atoms with Crippen LogP contribution in [0, 0.1) is 0 Å². The molecule has 0 aliphatic heterocycles. The van der Waals surface area contributed by atoms with Crippen LogP contribution in [0.2, 0.25) is 0 Å². The summed E-state index contributed by atoms with van der Waals surface area (Å²) in [5.41, 5.74) is 1.27. The number of nitrogens with one attached hydrogen (secondary N) is 1. The lowest BCUT2D eigenvalue weighted by Gasteiger charge is -2.12. The van der Waals surface area contributed by atoms with Gasteiger partial charge in [-0.25, -0.2) is 4.79 Å². The quantitative estimate of drug-likeness (QED) is 0.797. The van der Waals surface area contributed by atoms with E-state index in [1.54, 1.807) is 12.1 Å². The first-order valence-electron chi connectivity index (χ1n) is 6.72. The summed E-state index contributed by atoms with van der Waals surface area (Å²) in [4.78, 5) is 11.7. The van der Waals surface area contributed by atoms with Crippen molar-refractivity contribution in [2.45, 2.75) is 19.8 Å². The van der Waals surface area contributed by atoms with Gasteiger partial charge in [-0.05, 0) is 23.8 Å². The third kappa shape index (κ3) is 5.86. The monoisotopic (exact) mass is 385 g/mol. The minimum atomic E-state index is -2.93. The van der Waals surface area contributed by atoms with Crippen LogP contribution in [0.1, 0.15) is 11.1 Å². The maximum absolute atomic E-state index is 12.4. The molecule has 0 unspecified atom stereocenters. The number of hydrogen-bond donors (Lipinski definition) is 1. The normalized spacial score (nSPS) is 10.4. The van der Waals surface area contributed by atoms with E-state index in [2.05, 4.69) is 26.0 Å². The zero-order chi connectivity index (χ0) is 16.7. The van der Waals surface area contributed by atoms with Crippen molar-refractivity contribution in [3.05, 3.63) is 64.1 Å². The lowest BCUT2D eigenvalue weighted by atomic mass is 10.2. The lowest BCUT2D eigenvalue weighted by molar-refractivity contribution is -0.0504. The molecule has 0 aliphatic rings. The number of amides is 1. The summed E-state index contributed by atoms with van der Waals surface area (Å²) in [6, 6.07) is 13.8. The van der Waals surface area contributed by atoms with Crippen LogP contribution in [0.15, 0.2) is 53.0 Å². The van der Waals surface area contributed by atoms with Crippen molar-refractivity contribution in [3.8, 4) is 5.75 Å². The molecular formula is C16H14BrF2NO3. The molecule has 0 saturated heterocycles. The van der Waals surface area contributed by atoms with E-state index >= 15 is 0 Å². The molecule has 122 valence electrons. The van der Waals surface area contributed by atoms with E-state index in [4.69, 9.17) is 4.74 Å². The number of halogens is 3. The fourth-order valence-corrected chi connectivity index (χ4v) is 2.25. The highest BCUT2D eigenvalue weighted by Gasteiger charge is 2.11. The Morgan fingerprint density at radius 1 is 1.17 bits per heavy atom. The molecule has 4 nitrogen and oxygen atoms in total. The van der Waals surface area contributed by atoms with Crippen LogP contribution >= 0.6 is 15.9 Å². The second-order valence-electron chi connectivity index (χ2n) is 4.55. The van der Waals surface area contributed by atoms with Crippen molar-refractivity contribution in [3.63, 3.8) is 0 Å². The van der Waals surface area contributed by atoms with E-state index in [9.17, 15) is 13.6 Å². The van der Waals surface area contributed by atoms with Crippen LogP contribution in [0.5, 0.6) is 5.75 Å². The minimum absolute atomic E-state index is 0.00607. The molecular weight excluding hydrogens is 372 g/mol. The standard InChI is InChI=1S/C16H14BrF2NO3/c17-13-6-7-14(23-15(18)19)12(8-13)9-20-16(21)22-10-11-4-2-1-3-5-11/h1-8,15H,9-10H2,(H,20,21). The van der Waals surface area contributed by atoms with Crippen LogP contribution in [0.3, 0.4) is 0 Å². The van der Waals surface area contributed by atoms with E-state index in [1.807, 2.05) is 30.3 Å². The largest absolute Gasteiger partial charge is 0.445 e. The summed E-state index contributed by atoms with van der Waals surface area (Å²) < 4.78 is 34.9. The average Bonchev–Trinajstić information content (AvgIpc) is 2.53. The van der Waals surface area contributed by atoms with Gasteiger partial charge < -0.3 is 14.8 Å². The average molecular weight is 386 g/mol. The summed E-state index contributed by atoms with van der Waals surface area (Å²) in [6.07, 6.45) is -0.642. The van der Waals surface area contributed by atoms with Gasteiger partial charge in [-0.1, -0.05) is 46.3 Å². The molecule has 2 aromatic carbocycles. The molecule has 7 heteroatoms. The summed E-state index contributed by atoms with van der Waals surface area (Å²) in [5, 5.41) is 2.50. The smallest absolute Gasteiger partial charge is 0.407 e. The Morgan fingerprint density at radius 2 is 1.91 bits per heavy atom. The van der Waals surface area contributed by atoms with Crippen molar-refractivity contribution < 1.29 is 23.0 Å². The Labute approximate surface area is 140 Å². The molecule has 23 heavy (non-hydrogen) atoms. The molecule has 0 fully saturated rings. The van der Waals surface area contributed by atoms with E-state index < -0.39 is 12.7 Å². The van der Waals surface area contributed by atoms with Crippen molar-refractivity contribution in [2.75, 3.05) is 0 Å². The van der Waals surface area contributed by atoms with Crippen molar-refractivity contribution in [2.24, 2.45) is 0 Å². The summed E-state index contributed by atoms with van der Waals surface area (Å²) in [5.74, 6) is 0.00607. The van der Waals surface area contributed by atoms with Crippen LogP contribution in [-0.2, 0) is 17.9 Å². The van der Waals surface area contributed by atoms with Crippen LogP contribution in [0.4, 0.5) is 13.6 Å². The third-order valence-corrected chi connectivity index (χ3v) is 3.37. The Morgan fingerprint density at radius 3 is 2.61 bits per heavy atom.